The molecule has 0 saturated heterocycles. The van der Waals surface area contributed by atoms with Gasteiger partial charge in [-0.2, -0.15) is 0 Å². The molecule has 180 valence electrons. The van der Waals surface area contributed by atoms with Crippen LogP contribution in [-0.4, -0.2) is 13.3 Å². The van der Waals surface area contributed by atoms with Gasteiger partial charge in [0.25, 0.3) is 15.7 Å². The number of nitrogens with zero attached hydrogens (tertiary/aromatic N) is 1. The molecule has 0 aromatic heterocycles. The number of sulfonamides is 1. The van der Waals surface area contributed by atoms with Crippen LogP contribution >= 0.6 is 11.6 Å². The number of nitrogens with one attached hydrogen (secondary N) is 2. The van der Waals surface area contributed by atoms with Gasteiger partial charge < -0.3 is 5.32 Å². The van der Waals surface area contributed by atoms with Crippen LogP contribution < -0.4 is 10.0 Å². The summed E-state index contributed by atoms with van der Waals surface area (Å²) < 4.78 is 29.1. The minimum atomic E-state index is -3.79. The van der Waals surface area contributed by atoms with Crippen LogP contribution in [0.1, 0.15) is 40.6 Å². The molecule has 7 nitrogen and oxygen atoms in total. The number of nitro benzene ring substituents is 1. The highest BCUT2D eigenvalue weighted by molar-refractivity contribution is 7.92. The summed E-state index contributed by atoms with van der Waals surface area (Å²) in [6.07, 6.45) is 4.95. The molecule has 0 amide bonds. The predicted molar refractivity (Wildman–Crippen MR) is 138 cm³/mol. The van der Waals surface area contributed by atoms with Gasteiger partial charge in [-0.15, -0.1) is 0 Å². The first-order valence-electron chi connectivity index (χ1n) is 11.2. The van der Waals surface area contributed by atoms with E-state index in [-0.39, 0.29) is 33.5 Å². The van der Waals surface area contributed by atoms with Gasteiger partial charge in [-0.3, -0.25) is 14.8 Å². The zero-order valence-electron chi connectivity index (χ0n) is 19.2. The first-order valence-corrected chi connectivity index (χ1v) is 13.1. The van der Waals surface area contributed by atoms with Crippen molar-refractivity contribution in [2.24, 2.45) is 5.92 Å². The Labute approximate surface area is 209 Å². The van der Waals surface area contributed by atoms with Gasteiger partial charge in [-0.1, -0.05) is 35.9 Å². The molecule has 1 aliphatic carbocycles. The Morgan fingerprint density at radius 2 is 1.80 bits per heavy atom. The minimum Gasteiger partial charge on any atom is -0.378 e. The smallest absolute Gasteiger partial charge is 0.288 e. The summed E-state index contributed by atoms with van der Waals surface area (Å²) in [5, 5.41) is 15.0. The van der Waals surface area contributed by atoms with E-state index >= 15 is 0 Å². The number of anilines is 2. The molecule has 2 aliphatic rings. The third kappa shape index (κ3) is 4.39. The van der Waals surface area contributed by atoms with Gasteiger partial charge in [-0.25, -0.2) is 8.42 Å². The molecule has 3 atom stereocenters. The van der Waals surface area contributed by atoms with E-state index < -0.39 is 14.9 Å². The number of nitro groups is 1. The second-order valence-electron chi connectivity index (χ2n) is 9.17. The van der Waals surface area contributed by atoms with Crippen molar-refractivity contribution in [3.8, 4) is 0 Å². The molecule has 0 saturated carbocycles. The maximum atomic E-state index is 13.2. The summed E-state index contributed by atoms with van der Waals surface area (Å²) in [5.74, 6) is 0.0796. The molecule has 1 aliphatic heterocycles. The lowest BCUT2D eigenvalue weighted by Gasteiger charge is -2.37. The van der Waals surface area contributed by atoms with Crippen molar-refractivity contribution >= 4 is 38.7 Å². The summed E-state index contributed by atoms with van der Waals surface area (Å²) in [7, 11) is -3.79. The summed E-state index contributed by atoms with van der Waals surface area (Å²) in [5.41, 5.74) is 4.84. The number of halogens is 1. The van der Waals surface area contributed by atoms with E-state index in [9.17, 15) is 18.5 Å². The lowest BCUT2D eigenvalue weighted by Crippen LogP contribution is -2.29. The Balaban J connectivity index is 1.49. The third-order valence-electron chi connectivity index (χ3n) is 6.64. The van der Waals surface area contributed by atoms with E-state index in [4.69, 9.17) is 11.6 Å². The molecule has 0 bridgehead atoms. The van der Waals surface area contributed by atoms with E-state index in [0.717, 1.165) is 34.4 Å². The fraction of sp³-hybridized carbons (Fsp3) is 0.231. The van der Waals surface area contributed by atoms with Crippen molar-refractivity contribution in [3.63, 3.8) is 0 Å². The van der Waals surface area contributed by atoms with Gasteiger partial charge in [0.05, 0.1) is 15.9 Å². The Morgan fingerprint density at radius 1 is 1.06 bits per heavy atom. The molecule has 5 rings (SSSR count). The first kappa shape index (κ1) is 23.4. The molecular formula is C26H24ClN3O4S. The number of benzene rings is 3. The quantitative estimate of drug-likeness (QED) is 0.232. The Kier molecular flexibility index (Phi) is 5.81. The normalized spacial score (nSPS) is 20.6. The largest absolute Gasteiger partial charge is 0.378 e. The zero-order chi connectivity index (χ0) is 24.9. The van der Waals surface area contributed by atoms with Crippen LogP contribution in [0.2, 0.25) is 5.02 Å². The summed E-state index contributed by atoms with van der Waals surface area (Å²) >= 11 is 6.02. The number of allylic oxidation sites excluding steroid dienone is 2. The van der Waals surface area contributed by atoms with Crippen molar-refractivity contribution in [2.75, 3.05) is 10.0 Å². The molecule has 35 heavy (non-hydrogen) atoms. The molecule has 0 radical (unpaired) electrons. The van der Waals surface area contributed by atoms with E-state index in [1.807, 2.05) is 19.9 Å². The lowest BCUT2D eigenvalue weighted by atomic mass is 9.77. The first-order chi connectivity index (χ1) is 16.6. The number of hydrogen-bond acceptors (Lipinski definition) is 5. The van der Waals surface area contributed by atoms with Crippen molar-refractivity contribution in [1.29, 1.82) is 0 Å². The molecule has 9 heteroatoms. The lowest BCUT2D eigenvalue weighted by molar-refractivity contribution is -0.384. The second-order valence-corrected chi connectivity index (χ2v) is 11.3. The summed E-state index contributed by atoms with van der Waals surface area (Å²) in [4.78, 5) is 11.1. The molecule has 1 heterocycles. The van der Waals surface area contributed by atoms with Crippen LogP contribution in [0.3, 0.4) is 0 Å². The van der Waals surface area contributed by atoms with Crippen LogP contribution in [0.15, 0.2) is 71.6 Å². The third-order valence-corrected chi connectivity index (χ3v) is 8.34. The van der Waals surface area contributed by atoms with Crippen molar-refractivity contribution in [1.82, 2.24) is 0 Å². The molecule has 3 unspecified atom stereocenters. The average Bonchev–Trinajstić information content (AvgIpc) is 3.28. The van der Waals surface area contributed by atoms with E-state index in [0.29, 0.717) is 5.69 Å². The van der Waals surface area contributed by atoms with Crippen LogP contribution in [0.5, 0.6) is 0 Å². The van der Waals surface area contributed by atoms with Gasteiger partial charge in [0.1, 0.15) is 5.02 Å². The monoisotopic (exact) mass is 509 g/mol. The van der Waals surface area contributed by atoms with Gasteiger partial charge in [0, 0.05) is 23.4 Å². The molecule has 0 fully saturated rings. The minimum absolute atomic E-state index is 0.0117. The molecule has 3 aromatic rings. The van der Waals surface area contributed by atoms with Crippen molar-refractivity contribution < 1.29 is 13.3 Å². The van der Waals surface area contributed by atoms with E-state index in [1.54, 1.807) is 42.5 Å². The van der Waals surface area contributed by atoms with Gasteiger partial charge in [-0.05, 0) is 84.8 Å². The van der Waals surface area contributed by atoms with E-state index in [2.05, 4.69) is 22.2 Å². The second kappa shape index (κ2) is 8.70. The van der Waals surface area contributed by atoms with Crippen LogP contribution in [-0.2, 0) is 10.0 Å². The Bertz CT molecular complexity index is 1470. The maximum absolute atomic E-state index is 13.2. The maximum Gasteiger partial charge on any atom is 0.288 e. The number of aryl methyl sites for hydroxylation is 2. The number of hydrogen-bond donors (Lipinski definition) is 2. The van der Waals surface area contributed by atoms with Crippen LogP contribution in [0.25, 0.3) is 0 Å². The van der Waals surface area contributed by atoms with Crippen molar-refractivity contribution in [2.45, 2.75) is 37.1 Å². The molecule has 2 N–H and O–H groups in total. The highest BCUT2D eigenvalue weighted by atomic mass is 35.5. The highest BCUT2D eigenvalue weighted by Crippen LogP contribution is 2.50. The molecular weight excluding hydrogens is 486 g/mol. The fourth-order valence-electron chi connectivity index (χ4n) is 5.18. The van der Waals surface area contributed by atoms with E-state index in [1.165, 1.54) is 6.07 Å². The van der Waals surface area contributed by atoms with Gasteiger partial charge in [0.15, 0.2) is 0 Å². The SMILES string of the molecule is Cc1cc(C)cc(NS(=O)(=O)c2ccc3c(c2)C2C=CCC2C(c2ccc(Cl)c([N+](=O)[O-])c2)N3)c1. The Morgan fingerprint density at radius 3 is 2.51 bits per heavy atom. The van der Waals surface area contributed by atoms with Crippen LogP contribution in [0, 0.1) is 29.9 Å². The highest BCUT2D eigenvalue weighted by Gasteiger charge is 2.39. The number of rotatable bonds is 5. The number of fused-ring (bicyclic) bond motifs is 3. The van der Waals surface area contributed by atoms with Gasteiger partial charge >= 0.3 is 0 Å². The van der Waals surface area contributed by atoms with Crippen molar-refractivity contribution in [3.05, 3.63) is 104 Å². The summed E-state index contributed by atoms with van der Waals surface area (Å²) in [6, 6.07) is 15.4. The van der Waals surface area contributed by atoms with Crippen LogP contribution in [0.4, 0.5) is 17.1 Å². The molecule has 0 spiro atoms. The fourth-order valence-corrected chi connectivity index (χ4v) is 6.44. The average molecular weight is 510 g/mol. The topological polar surface area (TPSA) is 101 Å². The zero-order valence-corrected chi connectivity index (χ0v) is 20.7. The Hall–Kier alpha value is -3.36. The summed E-state index contributed by atoms with van der Waals surface area (Å²) in [6.45, 7) is 3.85. The standard InChI is InChI=1S/C26H24ClN3O4S/c1-15-10-16(2)12-18(11-15)29-35(33,34)19-7-9-24-22(14-19)20-4-3-5-21(20)26(28-24)17-6-8-23(27)25(13-17)30(31)32/h3-4,6-14,20-21,26,28-29H,5H2,1-2H3. The van der Waals surface area contributed by atoms with Gasteiger partial charge in [0.2, 0.25) is 0 Å². The molecule has 3 aromatic carbocycles. The predicted octanol–water partition coefficient (Wildman–Crippen LogP) is 6.49.